The van der Waals surface area contributed by atoms with E-state index >= 15 is 0 Å². The van der Waals surface area contributed by atoms with E-state index in [1.807, 2.05) is 11.3 Å². The van der Waals surface area contributed by atoms with Crippen molar-refractivity contribution in [3.8, 4) is 0 Å². The molecule has 15 heavy (non-hydrogen) atoms. The zero-order valence-corrected chi connectivity index (χ0v) is 9.52. The van der Waals surface area contributed by atoms with Crippen LogP contribution in [0.25, 0.3) is 10.1 Å². The largest absolute Gasteiger partial charge is 0.310 e. The third-order valence-electron chi connectivity index (χ3n) is 3.20. The summed E-state index contributed by atoms with van der Waals surface area (Å²) in [4.78, 5) is 0. The molecule has 0 amide bonds. The zero-order valence-electron chi connectivity index (χ0n) is 8.70. The van der Waals surface area contributed by atoms with Gasteiger partial charge >= 0.3 is 0 Å². The van der Waals surface area contributed by atoms with Crippen molar-refractivity contribution in [2.24, 2.45) is 0 Å². The molecule has 1 N–H and O–H groups in total. The van der Waals surface area contributed by atoms with Gasteiger partial charge in [-0.3, -0.25) is 0 Å². The van der Waals surface area contributed by atoms with E-state index < -0.39 is 0 Å². The minimum Gasteiger partial charge on any atom is -0.310 e. The van der Waals surface area contributed by atoms with Crippen LogP contribution in [0.3, 0.4) is 0 Å². The summed E-state index contributed by atoms with van der Waals surface area (Å²) < 4.78 is 1.42. The summed E-state index contributed by atoms with van der Waals surface area (Å²) in [5.41, 5.74) is 1.51. The van der Waals surface area contributed by atoms with E-state index in [1.54, 1.807) is 0 Å². The summed E-state index contributed by atoms with van der Waals surface area (Å²) in [5.74, 6) is 0. The second kappa shape index (κ2) is 3.95. The van der Waals surface area contributed by atoms with Crippen molar-refractivity contribution in [3.63, 3.8) is 0 Å². The van der Waals surface area contributed by atoms with Crippen LogP contribution in [0.4, 0.5) is 0 Å². The fourth-order valence-corrected chi connectivity index (χ4v) is 3.40. The van der Waals surface area contributed by atoms with Gasteiger partial charge < -0.3 is 5.32 Å². The maximum absolute atomic E-state index is 3.62. The maximum Gasteiger partial charge on any atom is 0.0346 e. The van der Waals surface area contributed by atoms with Crippen molar-refractivity contribution in [2.75, 3.05) is 6.54 Å². The van der Waals surface area contributed by atoms with Crippen molar-refractivity contribution in [1.29, 1.82) is 0 Å². The van der Waals surface area contributed by atoms with Crippen molar-refractivity contribution in [2.45, 2.75) is 25.3 Å². The molecule has 1 nitrogen and oxygen atoms in total. The highest BCUT2D eigenvalue weighted by atomic mass is 32.1. The first-order valence-corrected chi connectivity index (χ1v) is 6.52. The van der Waals surface area contributed by atoms with Crippen LogP contribution in [0.2, 0.25) is 0 Å². The first-order valence-electron chi connectivity index (χ1n) is 5.65. The number of thiophene rings is 1. The van der Waals surface area contributed by atoms with Gasteiger partial charge in [0.15, 0.2) is 0 Å². The number of piperidine rings is 1. The van der Waals surface area contributed by atoms with E-state index in [2.05, 4.69) is 35.0 Å². The Morgan fingerprint density at radius 3 is 3.00 bits per heavy atom. The minimum atomic E-state index is 0.592. The molecule has 1 fully saturated rings. The van der Waals surface area contributed by atoms with Crippen LogP contribution in [0.5, 0.6) is 0 Å². The Labute approximate surface area is 94.1 Å². The standard InChI is InChI=1S/C13H15NS/c1-2-7-13-10(5-1)11(9-15-13)12-6-3-4-8-14-12/h1-2,5,7,9,12,14H,3-4,6,8H2/t12-/m1/s1. The van der Waals surface area contributed by atoms with Gasteiger partial charge in [0, 0.05) is 10.7 Å². The van der Waals surface area contributed by atoms with Gasteiger partial charge in [0.25, 0.3) is 0 Å². The van der Waals surface area contributed by atoms with Crippen LogP contribution >= 0.6 is 11.3 Å². The maximum atomic E-state index is 3.62. The molecule has 0 radical (unpaired) electrons. The molecular formula is C13H15NS. The molecule has 1 saturated heterocycles. The third-order valence-corrected chi connectivity index (χ3v) is 4.18. The molecule has 3 rings (SSSR count). The molecule has 78 valence electrons. The number of rotatable bonds is 1. The fourth-order valence-electron chi connectivity index (χ4n) is 2.39. The van der Waals surface area contributed by atoms with Gasteiger partial charge in [-0.2, -0.15) is 0 Å². The number of hydrogen-bond donors (Lipinski definition) is 1. The molecule has 0 unspecified atom stereocenters. The van der Waals surface area contributed by atoms with E-state index in [0.29, 0.717) is 6.04 Å². The van der Waals surface area contributed by atoms with E-state index in [4.69, 9.17) is 0 Å². The first kappa shape index (κ1) is 9.37. The molecule has 1 aromatic carbocycles. The van der Waals surface area contributed by atoms with Crippen molar-refractivity contribution >= 4 is 21.4 Å². The summed E-state index contributed by atoms with van der Waals surface area (Å²) in [7, 11) is 0. The molecule has 1 aromatic heterocycles. The minimum absolute atomic E-state index is 0.592. The topological polar surface area (TPSA) is 12.0 Å². The quantitative estimate of drug-likeness (QED) is 0.767. The lowest BCUT2D eigenvalue weighted by Crippen LogP contribution is -2.26. The summed E-state index contributed by atoms with van der Waals surface area (Å²) in [5, 5.41) is 7.39. The van der Waals surface area contributed by atoms with Gasteiger partial charge in [0.2, 0.25) is 0 Å². The molecule has 2 heterocycles. The summed E-state index contributed by atoms with van der Waals surface area (Å²) in [6.07, 6.45) is 3.99. The lowest BCUT2D eigenvalue weighted by Gasteiger charge is -2.23. The van der Waals surface area contributed by atoms with E-state index in [-0.39, 0.29) is 0 Å². The molecule has 1 atom stereocenters. The van der Waals surface area contributed by atoms with Crippen LogP contribution in [-0.2, 0) is 0 Å². The molecular weight excluding hydrogens is 202 g/mol. The Balaban J connectivity index is 2.02. The average Bonchev–Trinajstić information content (AvgIpc) is 2.74. The predicted octanol–water partition coefficient (Wildman–Crippen LogP) is 3.72. The predicted molar refractivity (Wildman–Crippen MR) is 66.4 cm³/mol. The molecule has 1 aliphatic heterocycles. The Morgan fingerprint density at radius 1 is 1.20 bits per heavy atom. The first-order chi connectivity index (χ1) is 7.45. The average molecular weight is 217 g/mol. The Kier molecular flexibility index (Phi) is 2.47. The molecule has 0 aliphatic carbocycles. The fraction of sp³-hybridized carbons (Fsp3) is 0.385. The number of hydrogen-bond acceptors (Lipinski definition) is 2. The van der Waals surface area contributed by atoms with Crippen molar-refractivity contribution < 1.29 is 0 Å². The molecule has 0 saturated carbocycles. The Bertz CT molecular complexity index is 454. The lowest BCUT2D eigenvalue weighted by atomic mass is 9.97. The highest BCUT2D eigenvalue weighted by Crippen LogP contribution is 2.33. The zero-order chi connectivity index (χ0) is 10.1. The Hall–Kier alpha value is -0.860. The SMILES string of the molecule is c1ccc2c([C@H]3CCCCN3)csc2c1. The van der Waals surface area contributed by atoms with E-state index in [0.717, 1.165) is 0 Å². The van der Waals surface area contributed by atoms with Gasteiger partial charge in [0.05, 0.1) is 0 Å². The second-order valence-electron chi connectivity index (χ2n) is 4.19. The summed E-state index contributed by atoms with van der Waals surface area (Å²) in [6, 6.07) is 9.32. The van der Waals surface area contributed by atoms with Gasteiger partial charge in [-0.15, -0.1) is 11.3 Å². The molecule has 2 aromatic rings. The van der Waals surface area contributed by atoms with Crippen molar-refractivity contribution in [3.05, 3.63) is 35.2 Å². The highest BCUT2D eigenvalue weighted by Gasteiger charge is 2.17. The number of fused-ring (bicyclic) bond motifs is 1. The van der Waals surface area contributed by atoms with Crippen LogP contribution in [-0.4, -0.2) is 6.54 Å². The van der Waals surface area contributed by atoms with Gasteiger partial charge in [0.1, 0.15) is 0 Å². The van der Waals surface area contributed by atoms with Crippen LogP contribution in [0.1, 0.15) is 30.9 Å². The van der Waals surface area contributed by atoms with Crippen LogP contribution in [0, 0.1) is 0 Å². The highest BCUT2D eigenvalue weighted by molar-refractivity contribution is 7.17. The number of benzene rings is 1. The molecule has 2 heteroatoms. The number of nitrogens with one attached hydrogen (secondary N) is 1. The second-order valence-corrected chi connectivity index (χ2v) is 5.10. The summed E-state index contributed by atoms with van der Waals surface area (Å²) >= 11 is 1.87. The molecule has 1 aliphatic rings. The normalized spacial score (nSPS) is 22.0. The molecule has 0 spiro atoms. The lowest BCUT2D eigenvalue weighted by molar-refractivity contribution is 0.415. The van der Waals surface area contributed by atoms with Gasteiger partial charge in [-0.1, -0.05) is 24.6 Å². The van der Waals surface area contributed by atoms with E-state index in [1.165, 1.54) is 41.5 Å². The molecule has 0 bridgehead atoms. The van der Waals surface area contributed by atoms with Crippen molar-refractivity contribution in [1.82, 2.24) is 5.32 Å². The van der Waals surface area contributed by atoms with E-state index in [9.17, 15) is 0 Å². The van der Waals surface area contributed by atoms with Gasteiger partial charge in [-0.25, -0.2) is 0 Å². The van der Waals surface area contributed by atoms with Gasteiger partial charge in [-0.05, 0) is 41.8 Å². The third kappa shape index (κ3) is 1.68. The van der Waals surface area contributed by atoms with Crippen LogP contribution < -0.4 is 5.32 Å². The van der Waals surface area contributed by atoms with Crippen LogP contribution in [0.15, 0.2) is 29.6 Å². The smallest absolute Gasteiger partial charge is 0.0346 e. The Morgan fingerprint density at radius 2 is 2.13 bits per heavy atom. The monoisotopic (exact) mass is 217 g/mol. The summed E-state index contributed by atoms with van der Waals surface area (Å²) in [6.45, 7) is 1.18.